The van der Waals surface area contributed by atoms with E-state index in [1.807, 2.05) is 37.3 Å². The van der Waals surface area contributed by atoms with Crippen LogP contribution in [0.2, 0.25) is 0 Å². The van der Waals surface area contributed by atoms with E-state index in [9.17, 15) is 0 Å². The van der Waals surface area contributed by atoms with Crippen molar-refractivity contribution in [2.24, 2.45) is 0 Å². The molecule has 0 radical (unpaired) electrons. The van der Waals surface area contributed by atoms with E-state index in [-0.39, 0.29) is 0 Å². The second-order valence-electron chi connectivity index (χ2n) is 2.97. The van der Waals surface area contributed by atoms with Crippen LogP contribution in [0.5, 0.6) is 0 Å². The van der Waals surface area contributed by atoms with Gasteiger partial charge in [0, 0.05) is 16.0 Å². The number of thiocyanates is 1. The van der Waals surface area contributed by atoms with Crippen molar-refractivity contribution in [3.8, 4) is 5.40 Å². The number of fused-ring (bicyclic) bond motifs is 1. The van der Waals surface area contributed by atoms with Gasteiger partial charge in [-0.05, 0) is 30.8 Å². The first kappa shape index (κ1) is 9.04. The lowest BCUT2D eigenvalue weighted by atomic mass is 10.2. The van der Waals surface area contributed by atoms with Crippen molar-refractivity contribution in [1.82, 2.24) is 4.98 Å². The van der Waals surface area contributed by atoms with Gasteiger partial charge in [0.25, 0.3) is 0 Å². The second-order valence-corrected chi connectivity index (χ2v) is 3.80. The van der Waals surface area contributed by atoms with Gasteiger partial charge >= 0.3 is 0 Å². The minimum absolute atomic E-state index is 0.946. The van der Waals surface area contributed by atoms with Crippen LogP contribution in [-0.2, 0) is 0 Å². The number of para-hydroxylation sites is 1. The molecule has 1 aromatic heterocycles. The lowest BCUT2D eigenvalue weighted by Gasteiger charge is -2.02. The van der Waals surface area contributed by atoms with Crippen LogP contribution in [0.15, 0.2) is 35.2 Å². The molecular formula is C11H8N2S. The van der Waals surface area contributed by atoms with Gasteiger partial charge in [0.15, 0.2) is 0 Å². The lowest BCUT2D eigenvalue weighted by molar-refractivity contribution is 1.22. The summed E-state index contributed by atoms with van der Waals surface area (Å²) >= 11 is 1.18. The van der Waals surface area contributed by atoms with Gasteiger partial charge in [-0.2, -0.15) is 5.26 Å². The molecule has 68 valence electrons. The highest BCUT2D eigenvalue weighted by atomic mass is 32.2. The first-order valence-electron chi connectivity index (χ1n) is 4.23. The number of rotatable bonds is 1. The number of pyridine rings is 1. The van der Waals surface area contributed by atoms with E-state index in [0.29, 0.717) is 0 Å². The van der Waals surface area contributed by atoms with Crippen LogP contribution in [0.25, 0.3) is 10.9 Å². The molecule has 14 heavy (non-hydrogen) atoms. The van der Waals surface area contributed by atoms with Gasteiger partial charge in [0.1, 0.15) is 5.40 Å². The Kier molecular flexibility index (Phi) is 2.38. The molecule has 0 aliphatic heterocycles. The topological polar surface area (TPSA) is 36.7 Å². The largest absolute Gasteiger partial charge is 0.253 e. The van der Waals surface area contributed by atoms with Crippen molar-refractivity contribution in [3.63, 3.8) is 0 Å². The fourth-order valence-electron chi connectivity index (χ4n) is 1.40. The summed E-state index contributed by atoms with van der Waals surface area (Å²) < 4.78 is 0. The molecule has 0 fully saturated rings. The Morgan fingerprint density at radius 1 is 1.36 bits per heavy atom. The van der Waals surface area contributed by atoms with Crippen LogP contribution in [-0.4, -0.2) is 4.98 Å². The summed E-state index contributed by atoms with van der Waals surface area (Å²) in [7, 11) is 0. The molecule has 0 saturated heterocycles. The molecule has 0 saturated carbocycles. The van der Waals surface area contributed by atoms with Gasteiger partial charge < -0.3 is 0 Å². The van der Waals surface area contributed by atoms with E-state index in [2.05, 4.69) is 10.4 Å². The third-order valence-corrected chi connectivity index (χ3v) is 2.61. The van der Waals surface area contributed by atoms with Gasteiger partial charge in [-0.15, -0.1) is 0 Å². The summed E-state index contributed by atoms with van der Waals surface area (Å²) in [4.78, 5) is 5.38. The first-order valence-corrected chi connectivity index (χ1v) is 5.05. The summed E-state index contributed by atoms with van der Waals surface area (Å²) in [6.45, 7) is 1.94. The quantitative estimate of drug-likeness (QED) is 0.524. The standard InChI is InChI=1S/C11H8N2S/c1-8-6-11(14-7-12)9-4-2-3-5-10(9)13-8/h2-6H,1H3. The highest BCUT2D eigenvalue weighted by molar-refractivity contribution is 8.04. The third kappa shape index (κ3) is 1.57. The number of aromatic nitrogens is 1. The fourth-order valence-corrected chi connectivity index (χ4v) is 2.01. The number of thioether (sulfide) groups is 1. The van der Waals surface area contributed by atoms with Crippen molar-refractivity contribution in [2.45, 2.75) is 11.8 Å². The Hall–Kier alpha value is -1.53. The summed E-state index contributed by atoms with van der Waals surface area (Å²) in [6.07, 6.45) is 0. The molecule has 0 bridgehead atoms. The van der Waals surface area contributed by atoms with Crippen molar-refractivity contribution in [2.75, 3.05) is 0 Å². The molecule has 3 heteroatoms. The van der Waals surface area contributed by atoms with E-state index in [0.717, 1.165) is 21.5 Å². The Morgan fingerprint density at radius 2 is 2.14 bits per heavy atom. The van der Waals surface area contributed by atoms with Crippen LogP contribution in [0.3, 0.4) is 0 Å². The molecule has 0 atom stereocenters. The van der Waals surface area contributed by atoms with E-state index in [1.165, 1.54) is 11.8 Å². The SMILES string of the molecule is Cc1cc(SC#N)c2ccccc2n1. The Morgan fingerprint density at radius 3 is 2.93 bits per heavy atom. The highest BCUT2D eigenvalue weighted by Crippen LogP contribution is 2.26. The third-order valence-electron chi connectivity index (χ3n) is 1.96. The smallest absolute Gasteiger partial charge is 0.138 e. The molecule has 2 nitrogen and oxygen atoms in total. The van der Waals surface area contributed by atoms with Gasteiger partial charge in [-0.1, -0.05) is 18.2 Å². The van der Waals surface area contributed by atoms with E-state index < -0.39 is 0 Å². The first-order chi connectivity index (χ1) is 6.81. The van der Waals surface area contributed by atoms with E-state index in [4.69, 9.17) is 5.26 Å². The maximum atomic E-state index is 8.66. The molecule has 0 amide bonds. The normalized spacial score (nSPS) is 10.0. The van der Waals surface area contributed by atoms with E-state index >= 15 is 0 Å². The van der Waals surface area contributed by atoms with Crippen molar-refractivity contribution >= 4 is 22.7 Å². The zero-order valence-corrected chi connectivity index (χ0v) is 8.51. The van der Waals surface area contributed by atoms with Crippen LogP contribution < -0.4 is 0 Å². The molecule has 0 aliphatic carbocycles. The average Bonchev–Trinajstić information content (AvgIpc) is 2.18. The maximum absolute atomic E-state index is 8.66. The molecule has 0 N–H and O–H groups in total. The van der Waals surface area contributed by atoms with Gasteiger partial charge in [-0.25, -0.2) is 0 Å². The summed E-state index contributed by atoms with van der Waals surface area (Å²) in [6, 6.07) is 9.80. The predicted molar refractivity (Wildman–Crippen MR) is 58.0 cm³/mol. The maximum Gasteiger partial charge on any atom is 0.138 e. The zero-order valence-electron chi connectivity index (χ0n) is 7.69. The molecular weight excluding hydrogens is 192 g/mol. The van der Waals surface area contributed by atoms with Crippen LogP contribution in [0, 0.1) is 17.6 Å². The number of nitrogens with zero attached hydrogens (tertiary/aromatic N) is 2. The second kappa shape index (κ2) is 3.69. The molecule has 0 spiro atoms. The predicted octanol–water partition coefficient (Wildman–Crippen LogP) is 3.12. The van der Waals surface area contributed by atoms with Crippen LogP contribution in [0.1, 0.15) is 5.69 Å². The number of hydrogen-bond donors (Lipinski definition) is 0. The van der Waals surface area contributed by atoms with Crippen molar-refractivity contribution < 1.29 is 0 Å². The summed E-state index contributed by atoms with van der Waals surface area (Å²) in [5.74, 6) is 0. The number of hydrogen-bond acceptors (Lipinski definition) is 3. The highest BCUT2D eigenvalue weighted by Gasteiger charge is 2.02. The Bertz CT molecular complexity index is 514. The number of benzene rings is 1. The molecule has 0 aliphatic rings. The Balaban J connectivity index is 2.74. The van der Waals surface area contributed by atoms with Gasteiger partial charge in [-0.3, -0.25) is 4.98 Å². The van der Waals surface area contributed by atoms with E-state index in [1.54, 1.807) is 0 Å². The van der Waals surface area contributed by atoms with Crippen LogP contribution in [0.4, 0.5) is 0 Å². The lowest BCUT2D eigenvalue weighted by Crippen LogP contribution is -1.85. The molecule has 2 rings (SSSR count). The summed E-state index contributed by atoms with van der Waals surface area (Å²) in [5, 5.41) is 11.8. The van der Waals surface area contributed by atoms with Gasteiger partial charge in [0.2, 0.25) is 0 Å². The molecule has 1 aromatic carbocycles. The Labute approximate surface area is 86.6 Å². The molecule has 2 aromatic rings. The van der Waals surface area contributed by atoms with Crippen molar-refractivity contribution in [1.29, 1.82) is 5.26 Å². The summed E-state index contributed by atoms with van der Waals surface area (Å²) in [5.41, 5.74) is 1.90. The van der Waals surface area contributed by atoms with Crippen LogP contribution >= 0.6 is 11.8 Å². The number of nitriles is 1. The minimum atomic E-state index is 0.946. The van der Waals surface area contributed by atoms with Crippen molar-refractivity contribution in [3.05, 3.63) is 36.0 Å². The molecule has 0 unspecified atom stereocenters. The van der Waals surface area contributed by atoms with Gasteiger partial charge in [0.05, 0.1) is 5.52 Å². The average molecular weight is 200 g/mol. The monoisotopic (exact) mass is 200 g/mol. The molecule has 1 heterocycles. The fraction of sp³-hybridized carbons (Fsp3) is 0.0909. The number of aryl methyl sites for hydroxylation is 1. The zero-order chi connectivity index (χ0) is 9.97. The minimum Gasteiger partial charge on any atom is -0.253 e.